The highest BCUT2D eigenvalue weighted by Gasteiger charge is 2.30. The fourth-order valence-corrected chi connectivity index (χ4v) is 5.33. The SMILES string of the molecule is C[C@H]1CCN(c2cc(-c3ccccc3O)nnc2N)CCN1c1ccnc(C#CCOCC2CC(N(C)C)C2)n1. The van der Waals surface area contributed by atoms with E-state index >= 15 is 0 Å². The zero-order valence-corrected chi connectivity index (χ0v) is 23.5. The molecule has 2 aromatic heterocycles. The van der Waals surface area contributed by atoms with Gasteiger partial charge in [-0.2, -0.15) is 0 Å². The third kappa shape index (κ3) is 6.43. The third-order valence-electron chi connectivity index (χ3n) is 7.89. The van der Waals surface area contributed by atoms with Crippen molar-refractivity contribution in [3.63, 3.8) is 0 Å². The van der Waals surface area contributed by atoms with Crippen LogP contribution in [0.2, 0.25) is 0 Å². The molecule has 10 nitrogen and oxygen atoms in total. The van der Waals surface area contributed by atoms with E-state index < -0.39 is 0 Å². The van der Waals surface area contributed by atoms with Crippen LogP contribution in [0.4, 0.5) is 17.3 Å². The molecule has 0 spiro atoms. The number of nitrogens with two attached hydrogens (primary N) is 1. The average Bonchev–Trinajstić information content (AvgIpc) is 3.11. The number of benzene rings is 1. The fraction of sp³-hybridized carbons (Fsp3) is 0.467. The van der Waals surface area contributed by atoms with Crippen LogP contribution in [0.1, 0.15) is 32.0 Å². The number of rotatable bonds is 7. The molecule has 2 fully saturated rings. The molecule has 5 rings (SSSR count). The Morgan fingerprint density at radius 2 is 1.95 bits per heavy atom. The Morgan fingerprint density at radius 3 is 2.75 bits per heavy atom. The van der Waals surface area contributed by atoms with Crippen molar-refractivity contribution in [3.8, 4) is 28.8 Å². The molecule has 1 saturated heterocycles. The van der Waals surface area contributed by atoms with Crippen LogP contribution in [0, 0.1) is 17.8 Å². The van der Waals surface area contributed by atoms with E-state index in [0.717, 1.165) is 44.2 Å². The van der Waals surface area contributed by atoms with Crippen molar-refractivity contribution in [1.82, 2.24) is 25.1 Å². The molecule has 2 aliphatic rings. The highest BCUT2D eigenvalue weighted by molar-refractivity contribution is 5.74. The van der Waals surface area contributed by atoms with Gasteiger partial charge < -0.3 is 30.3 Å². The second-order valence-corrected chi connectivity index (χ2v) is 10.8. The van der Waals surface area contributed by atoms with Crippen molar-refractivity contribution in [2.24, 2.45) is 5.92 Å². The number of ether oxygens (including phenoxy) is 1. The number of nitrogen functional groups attached to an aromatic ring is 1. The number of hydrogen-bond donors (Lipinski definition) is 2. The van der Waals surface area contributed by atoms with E-state index in [1.807, 2.05) is 24.3 Å². The van der Waals surface area contributed by atoms with E-state index in [0.29, 0.717) is 41.5 Å². The van der Waals surface area contributed by atoms with E-state index in [-0.39, 0.29) is 11.8 Å². The Labute approximate surface area is 236 Å². The van der Waals surface area contributed by atoms with Crippen molar-refractivity contribution >= 4 is 17.3 Å². The molecule has 210 valence electrons. The lowest BCUT2D eigenvalue weighted by molar-refractivity contribution is 0.0413. The topological polar surface area (TPSA) is 117 Å². The standard InChI is InChI=1S/C30H38N8O2/c1-21-11-13-37(26-19-25(34-35-30(26)31)24-7-4-5-8-27(24)39)14-15-38(21)29-10-12-32-28(33-29)9-6-16-40-20-22-17-23(18-22)36(2)3/h4-5,7-8,10,12,19,21-23,39H,11,13-18,20H2,1-3H3,(H2,31,35)/t21-,22?,23?/m0/s1. The van der Waals surface area contributed by atoms with Crippen LogP contribution >= 0.6 is 0 Å². The lowest BCUT2D eigenvalue weighted by Gasteiger charge is -2.39. The van der Waals surface area contributed by atoms with Gasteiger partial charge in [-0.05, 0) is 76.4 Å². The lowest BCUT2D eigenvalue weighted by Crippen LogP contribution is -2.42. The van der Waals surface area contributed by atoms with Gasteiger partial charge in [0, 0.05) is 43.5 Å². The summed E-state index contributed by atoms with van der Waals surface area (Å²) >= 11 is 0. The number of anilines is 3. The molecule has 1 atom stereocenters. The minimum Gasteiger partial charge on any atom is -0.507 e. The molecule has 1 aliphatic carbocycles. The minimum atomic E-state index is 0.161. The Balaban J connectivity index is 1.21. The van der Waals surface area contributed by atoms with E-state index in [9.17, 15) is 5.11 Å². The first kappa shape index (κ1) is 27.6. The molecule has 1 aliphatic heterocycles. The molecular formula is C30H38N8O2. The second-order valence-electron chi connectivity index (χ2n) is 10.8. The van der Waals surface area contributed by atoms with Gasteiger partial charge >= 0.3 is 0 Å². The van der Waals surface area contributed by atoms with E-state index in [1.54, 1.807) is 18.3 Å². The van der Waals surface area contributed by atoms with Crippen LogP contribution in [0.5, 0.6) is 5.75 Å². The number of phenolic OH excluding ortho intramolecular Hbond substituents is 1. The molecule has 0 radical (unpaired) electrons. The van der Waals surface area contributed by atoms with Gasteiger partial charge in [-0.15, -0.1) is 10.2 Å². The van der Waals surface area contributed by atoms with Crippen LogP contribution < -0.4 is 15.5 Å². The summed E-state index contributed by atoms with van der Waals surface area (Å²) in [6.45, 7) is 5.63. The van der Waals surface area contributed by atoms with Gasteiger partial charge in [0.25, 0.3) is 0 Å². The summed E-state index contributed by atoms with van der Waals surface area (Å²) < 4.78 is 5.78. The number of para-hydroxylation sites is 1. The molecule has 1 aromatic carbocycles. The highest BCUT2D eigenvalue weighted by atomic mass is 16.5. The summed E-state index contributed by atoms with van der Waals surface area (Å²) in [5.74, 6) is 8.66. The number of nitrogens with zero attached hydrogens (tertiary/aromatic N) is 7. The maximum Gasteiger partial charge on any atom is 0.206 e. The lowest BCUT2D eigenvalue weighted by atomic mass is 9.80. The summed E-state index contributed by atoms with van der Waals surface area (Å²) in [7, 11) is 4.26. The van der Waals surface area contributed by atoms with Crippen molar-refractivity contribution < 1.29 is 9.84 Å². The molecule has 0 bridgehead atoms. The van der Waals surface area contributed by atoms with Gasteiger partial charge in [0.15, 0.2) is 5.82 Å². The summed E-state index contributed by atoms with van der Waals surface area (Å²) in [6.07, 6.45) is 5.06. The number of hydrogen-bond acceptors (Lipinski definition) is 10. The molecule has 3 N–H and O–H groups in total. The first-order chi connectivity index (χ1) is 19.4. The largest absolute Gasteiger partial charge is 0.507 e. The predicted octanol–water partition coefficient (Wildman–Crippen LogP) is 3.03. The van der Waals surface area contributed by atoms with Gasteiger partial charge in [-0.3, -0.25) is 0 Å². The number of aromatic hydroxyl groups is 1. The van der Waals surface area contributed by atoms with Crippen molar-refractivity contribution in [2.45, 2.75) is 38.3 Å². The van der Waals surface area contributed by atoms with Crippen LogP contribution in [-0.2, 0) is 4.74 Å². The molecule has 3 aromatic rings. The smallest absolute Gasteiger partial charge is 0.206 e. The quantitative estimate of drug-likeness (QED) is 0.341. The molecule has 10 heteroatoms. The molecule has 3 heterocycles. The normalized spacial score (nSPS) is 20.9. The third-order valence-corrected chi connectivity index (χ3v) is 7.89. The van der Waals surface area contributed by atoms with Gasteiger partial charge in [-0.1, -0.05) is 18.1 Å². The fourth-order valence-electron chi connectivity index (χ4n) is 5.33. The van der Waals surface area contributed by atoms with Crippen molar-refractivity contribution in [2.75, 3.05) is 62.5 Å². The Morgan fingerprint density at radius 1 is 1.12 bits per heavy atom. The van der Waals surface area contributed by atoms with Crippen LogP contribution in [0.15, 0.2) is 42.6 Å². The number of phenols is 1. The van der Waals surface area contributed by atoms with Crippen molar-refractivity contribution in [3.05, 3.63) is 48.4 Å². The molecule has 0 amide bonds. The monoisotopic (exact) mass is 542 g/mol. The minimum absolute atomic E-state index is 0.161. The van der Waals surface area contributed by atoms with E-state index in [4.69, 9.17) is 15.5 Å². The second kappa shape index (κ2) is 12.5. The summed E-state index contributed by atoms with van der Waals surface area (Å²) in [5, 5.41) is 18.7. The average molecular weight is 543 g/mol. The van der Waals surface area contributed by atoms with Crippen LogP contribution in [0.25, 0.3) is 11.3 Å². The van der Waals surface area contributed by atoms with Gasteiger partial charge in [0.1, 0.15) is 18.2 Å². The van der Waals surface area contributed by atoms with E-state index in [1.165, 1.54) is 12.8 Å². The summed E-state index contributed by atoms with van der Waals surface area (Å²) in [6, 6.07) is 11.9. The molecule has 40 heavy (non-hydrogen) atoms. The molecule has 1 saturated carbocycles. The van der Waals surface area contributed by atoms with Gasteiger partial charge in [0.05, 0.1) is 18.0 Å². The summed E-state index contributed by atoms with van der Waals surface area (Å²) in [4.78, 5) is 15.9. The van der Waals surface area contributed by atoms with Crippen LogP contribution in [0.3, 0.4) is 0 Å². The maximum atomic E-state index is 10.3. The zero-order valence-electron chi connectivity index (χ0n) is 23.5. The van der Waals surface area contributed by atoms with Gasteiger partial charge in [-0.25, -0.2) is 9.97 Å². The number of aromatic nitrogens is 4. The highest BCUT2D eigenvalue weighted by Crippen LogP contribution is 2.32. The summed E-state index contributed by atoms with van der Waals surface area (Å²) in [5.41, 5.74) is 8.29. The Hall–Kier alpha value is -3.94. The maximum absolute atomic E-state index is 10.3. The Kier molecular flexibility index (Phi) is 8.63. The predicted molar refractivity (Wildman–Crippen MR) is 157 cm³/mol. The van der Waals surface area contributed by atoms with E-state index in [2.05, 4.69) is 62.7 Å². The van der Waals surface area contributed by atoms with Crippen molar-refractivity contribution in [1.29, 1.82) is 0 Å². The molecular weight excluding hydrogens is 504 g/mol. The van der Waals surface area contributed by atoms with Gasteiger partial charge in [0.2, 0.25) is 5.82 Å². The van der Waals surface area contributed by atoms with Crippen LogP contribution in [-0.4, -0.2) is 89.2 Å². The first-order valence-corrected chi connectivity index (χ1v) is 13.9. The Bertz CT molecular complexity index is 1370. The molecule has 0 unspecified atom stereocenters. The zero-order chi connectivity index (χ0) is 28.1. The first-order valence-electron chi connectivity index (χ1n) is 13.9.